The van der Waals surface area contributed by atoms with Crippen LogP contribution in [0.2, 0.25) is 5.02 Å². The molecule has 3 aromatic carbocycles. The molecule has 9 nitrogen and oxygen atoms in total. The first kappa shape index (κ1) is 29.8. The highest BCUT2D eigenvalue weighted by atomic mass is 35.5. The Morgan fingerprint density at radius 2 is 1.39 bits per heavy atom. The zero-order chi connectivity index (χ0) is 27.8. The molecule has 0 fully saturated rings. The number of methoxy groups -OCH3 is 1. The summed E-state index contributed by atoms with van der Waals surface area (Å²) in [5.74, 6) is 5.66. The number of hydrogen-bond acceptors (Lipinski definition) is 6. The Labute approximate surface area is 230 Å². The zero-order valence-corrected chi connectivity index (χ0v) is 22.1. The summed E-state index contributed by atoms with van der Waals surface area (Å²) in [6.45, 7) is 1.94. The SMILES string of the molecule is COC(=O)Nc1cccc(OC(=O)Nc2cccc(C)c2)c1.O=C(Nc1cccc(Cl)c1)OCC#CCCl. The van der Waals surface area contributed by atoms with Crippen molar-refractivity contribution in [2.75, 3.05) is 35.5 Å². The van der Waals surface area contributed by atoms with Gasteiger partial charge in [0.2, 0.25) is 0 Å². The summed E-state index contributed by atoms with van der Waals surface area (Å²) >= 11 is 11.1. The predicted octanol–water partition coefficient (Wildman–Crippen LogP) is 6.91. The molecule has 0 saturated heterocycles. The first-order valence-corrected chi connectivity index (χ1v) is 11.9. The number of amides is 3. The lowest BCUT2D eigenvalue weighted by Gasteiger charge is -2.09. The number of aryl methyl sites for hydroxylation is 1. The normalized spacial score (nSPS) is 9.37. The number of anilines is 3. The summed E-state index contributed by atoms with van der Waals surface area (Å²) in [5, 5.41) is 8.17. The van der Waals surface area contributed by atoms with Crippen LogP contribution in [0.3, 0.4) is 0 Å². The van der Waals surface area contributed by atoms with Crippen molar-refractivity contribution in [3.63, 3.8) is 0 Å². The van der Waals surface area contributed by atoms with Crippen molar-refractivity contribution < 1.29 is 28.6 Å². The van der Waals surface area contributed by atoms with Gasteiger partial charge in [0.1, 0.15) is 5.75 Å². The van der Waals surface area contributed by atoms with Crippen LogP contribution < -0.4 is 20.7 Å². The molecule has 0 radical (unpaired) electrons. The largest absolute Gasteiger partial charge is 0.453 e. The minimum atomic E-state index is -0.610. The molecule has 0 bridgehead atoms. The molecular formula is C27H25Cl2N3O6. The number of nitrogens with one attached hydrogen (secondary N) is 3. The Morgan fingerprint density at radius 3 is 2.05 bits per heavy atom. The van der Waals surface area contributed by atoms with E-state index in [1.165, 1.54) is 13.2 Å². The van der Waals surface area contributed by atoms with Gasteiger partial charge >= 0.3 is 18.3 Å². The van der Waals surface area contributed by atoms with Crippen LogP contribution in [-0.2, 0) is 9.47 Å². The number of benzene rings is 3. The Bertz CT molecular complexity index is 1310. The molecule has 11 heteroatoms. The molecule has 198 valence electrons. The average Bonchev–Trinajstić information content (AvgIpc) is 2.87. The number of halogens is 2. The fraction of sp³-hybridized carbons (Fsp3) is 0.148. The van der Waals surface area contributed by atoms with E-state index in [2.05, 4.69) is 32.5 Å². The molecule has 0 atom stereocenters. The van der Waals surface area contributed by atoms with E-state index in [0.29, 0.717) is 27.8 Å². The van der Waals surface area contributed by atoms with E-state index in [1.54, 1.807) is 48.5 Å². The minimum absolute atomic E-state index is 0.0130. The Kier molecular flexibility index (Phi) is 12.9. The zero-order valence-electron chi connectivity index (χ0n) is 20.5. The molecule has 3 rings (SSSR count). The van der Waals surface area contributed by atoms with E-state index < -0.39 is 18.3 Å². The summed E-state index contributed by atoms with van der Waals surface area (Å²) in [4.78, 5) is 34.2. The van der Waals surface area contributed by atoms with E-state index in [4.69, 9.17) is 32.7 Å². The third kappa shape index (κ3) is 12.0. The quantitative estimate of drug-likeness (QED) is 0.232. The van der Waals surface area contributed by atoms with Crippen LogP contribution in [0.4, 0.5) is 31.4 Å². The van der Waals surface area contributed by atoms with Crippen molar-refractivity contribution in [1.29, 1.82) is 0 Å². The molecule has 0 aliphatic rings. The fourth-order valence-electron chi connectivity index (χ4n) is 2.70. The monoisotopic (exact) mass is 557 g/mol. The first-order chi connectivity index (χ1) is 18.3. The lowest BCUT2D eigenvalue weighted by atomic mass is 10.2. The van der Waals surface area contributed by atoms with Crippen LogP contribution in [0.1, 0.15) is 5.56 Å². The van der Waals surface area contributed by atoms with Gasteiger partial charge in [0.25, 0.3) is 0 Å². The van der Waals surface area contributed by atoms with Gasteiger partial charge in [-0.05, 0) is 55.0 Å². The van der Waals surface area contributed by atoms with Gasteiger partial charge in [-0.1, -0.05) is 47.7 Å². The molecule has 0 unspecified atom stereocenters. The van der Waals surface area contributed by atoms with Gasteiger partial charge in [-0.2, -0.15) is 0 Å². The van der Waals surface area contributed by atoms with Gasteiger partial charge in [-0.15, -0.1) is 11.6 Å². The molecule has 3 aromatic rings. The summed E-state index contributed by atoms with van der Waals surface area (Å²) in [7, 11) is 1.27. The standard InChI is InChI=1S/C16H16N2O4.C11H9Cl2NO2/c1-11-5-3-6-12(9-11)18-16(20)22-14-8-4-7-13(10-14)17-15(19)21-2;12-6-1-2-7-16-11(15)14-10-5-3-4-9(13)8-10/h3-10H,1-2H3,(H,17,19)(H,18,20);3-5,8H,6-7H2,(H,14,15). The van der Waals surface area contributed by atoms with Crippen molar-refractivity contribution in [3.05, 3.63) is 83.4 Å². The van der Waals surface area contributed by atoms with Gasteiger partial charge < -0.3 is 14.2 Å². The van der Waals surface area contributed by atoms with Gasteiger partial charge in [-0.3, -0.25) is 16.0 Å². The molecule has 0 saturated carbocycles. The van der Waals surface area contributed by atoms with E-state index in [-0.39, 0.29) is 12.5 Å². The van der Waals surface area contributed by atoms with Crippen LogP contribution in [0.25, 0.3) is 0 Å². The molecule has 0 aliphatic carbocycles. The summed E-state index contributed by atoms with van der Waals surface area (Å²) in [5.41, 5.74) is 2.71. The molecule has 3 N–H and O–H groups in total. The minimum Gasteiger partial charge on any atom is -0.453 e. The van der Waals surface area contributed by atoms with Crippen LogP contribution in [0.15, 0.2) is 72.8 Å². The maximum absolute atomic E-state index is 11.8. The van der Waals surface area contributed by atoms with Gasteiger partial charge in [0, 0.05) is 28.2 Å². The van der Waals surface area contributed by atoms with E-state index in [0.717, 1.165) is 5.56 Å². The number of ether oxygens (including phenoxy) is 3. The highest BCUT2D eigenvalue weighted by Gasteiger charge is 2.07. The summed E-state index contributed by atoms with van der Waals surface area (Å²) in [6.07, 6.45) is -1.78. The summed E-state index contributed by atoms with van der Waals surface area (Å²) in [6, 6.07) is 20.6. The highest BCUT2D eigenvalue weighted by molar-refractivity contribution is 6.30. The number of carbonyl (C=O) groups excluding carboxylic acids is 3. The van der Waals surface area contributed by atoms with Crippen molar-refractivity contribution in [3.8, 4) is 17.6 Å². The average molecular weight is 558 g/mol. The number of rotatable bonds is 5. The maximum atomic E-state index is 11.8. The molecule has 0 heterocycles. The molecule has 3 amide bonds. The second kappa shape index (κ2) is 16.4. The summed E-state index contributed by atoms with van der Waals surface area (Å²) < 4.78 is 14.4. The Balaban J connectivity index is 0.000000281. The van der Waals surface area contributed by atoms with Gasteiger partial charge in [-0.25, -0.2) is 14.4 Å². The van der Waals surface area contributed by atoms with E-state index in [1.807, 2.05) is 25.1 Å². The van der Waals surface area contributed by atoms with Crippen LogP contribution in [0, 0.1) is 18.8 Å². The molecule has 0 aliphatic heterocycles. The van der Waals surface area contributed by atoms with Crippen LogP contribution >= 0.6 is 23.2 Å². The fourth-order valence-corrected chi connectivity index (χ4v) is 2.98. The molecule has 0 spiro atoms. The highest BCUT2D eigenvalue weighted by Crippen LogP contribution is 2.19. The number of alkyl halides is 1. The van der Waals surface area contributed by atoms with E-state index >= 15 is 0 Å². The Morgan fingerprint density at radius 1 is 0.789 bits per heavy atom. The number of hydrogen-bond donors (Lipinski definition) is 3. The van der Waals surface area contributed by atoms with E-state index in [9.17, 15) is 14.4 Å². The third-order valence-corrected chi connectivity index (χ3v) is 4.65. The van der Waals surface area contributed by atoms with Crippen molar-refractivity contribution in [2.45, 2.75) is 6.92 Å². The third-order valence-electron chi connectivity index (χ3n) is 4.28. The topological polar surface area (TPSA) is 115 Å². The second-order valence-corrected chi connectivity index (χ2v) is 7.93. The first-order valence-electron chi connectivity index (χ1n) is 11.0. The predicted molar refractivity (Wildman–Crippen MR) is 148 cm³/mol. The van der Waals surface area contributed by atoms with Gasteiger partial charge in [0.05, 0.1) is 13.0 Å². The molecule has 38 heavy (non-hydrogen) atoms. The second-order valence-electron chi connectivity index (χ2n) is 7.23. The van der Waals surface area contributed by atoms with Crippen molar-refractivity contribution in [2.24, 2.45) is 0 Å². The van der Waals surface area contributed by atoms with Crippen LogP contribution in [0.5, 0.6) is 5.75 Å². The maximum Gasteiger partial charge on any atom is 0.417 e. The smallest absolute Gasteiger partial charge is 0.417 e. The number of carbonyl (C=O) groups is 3. The molecule has 0 aromatic heterocycles. The molecular weight excluding hydrogens is 533 g/mol. The van der Waals surface area contributed by atoms with Crippen molar-refractivity contribution >= 4 is 58.5 Å². The lowest BCUT2D eigenvalue weighted by molar-refractivity contribution is 0.176. The van der Waals surface area contributed by atoms with Crippen LogP contribution in [-0.4, -0.2) is 37.9 Å². The van der Waals surface area contributed by atoms with Crippen molar-refractivity contribution in [1.82, 2.24) is 0 Å². The Hall–Kier alpha value is -4.39. The lowest BCUT2D eigenvalue weighted by Crippen LogP contribution is -2.17. The van der Waals surface area contributed by atoms with Gasteiger partial charge in [0.15, 0.2) is 6.61 Å².